The van der Waals surface area contributed by atoms with Crippen molar-refractivity contribution in [3.8, 4) is 11.5 Å². The van der Waals surface area contributed by atoms with E-state index in [1.54, 1.807) is 6.07 Å². The maximum absolute atomic E-state index is 11.9. The molecule has 7 nitrogen and oxygen atoms in total. The number of hydrogen-bond donors (Lipinski definition) is 1. The molecule has 0 spiro atoms. The summed E-state index contributed by atoms with van der Waals surface area (Å²) in [4.78, 5) is 15.4. The molecule has 0 bridgehead atoms. The summed E-state index contributed by atoms with van der Waals surface area (Å²) in [5.74, 6) is 0.658. The van der Waals surface area contributed by atoms with Crippen LogP contribution in [0.3, 0.4) is 0 Å². The Labute approximate surface area is 238 Å². The average molecular weight is 567 g/mol. The Morgan fingerprint density at radius 1 is 1.18 bits per heavy atom. The molecule has 0 aliphatic rings. The Balaban J connectivity index is 1.93. The predicted molar refractivity (Wildman–Crippen MR) is 160 cm³/mol. The molecule has 0 unspecified atom stereocenters. The summed E-state index contributed by atoms with van der Waals surface area (Å²) in [5, 5.41) is 12.2. The van der Waals surface area contributed by atoms with Crippen molar-refractivity contribution in [2.24, 2.45) is 0 Å². The highest BCUT2D eigenvalue weighted by Crippen LogP contribution is 2.40. The second kappa shape index (κ2) is 12.5. The normalized spacial score (nSPS) is 13.5. The number of aromatic nitrogens is 2. The third-order valence-electron chi connectivity index (χ3n) is 7.54. The molecular formula is C30H39ClN4O3Si. The molecule has 0 aliphatic carbocycles. The van der Waals surface area contributed by atoms with Crippen LogP contribution in [0.25, 0.3) is 16.3 Å². The molecule has 208 valence electrons. The molecule has 2 aromatic carbocycles. The van der Waals surface area contributed by atoms with E-state index in [1.165, 1.54) is 0 Å². The maximum Gasteiger partial charge on any atom is 0.247 e. The van der Waals surface area contributed by atoms with Crippen LogP contribution in [0.4, 0.5) is 11.4 Å². The first kappa shape index (κ1) is 30.5. The molecule has 0 radical (unpaired) electrons. The first-order valence-corrected chi connectivity index (χ1v) is 16.6. The largest absolute Gasteiger partial charge is 0.420 e. The van der Waals surface area contributed by atoms with Crippen molar-refractivity contribution in [2.45, 2.75) is 91.0 Å². The molecule has 0 saturated heterocycles. The van der Waals surface area contributed by atoms with Crippen LogP contribution in [0.1, 0.15) is 70.4 Å². The van der Waals surface area contributed by atoms with Crippen molar-refractivity contribution in [1.82, 2.24) is 10.2 Å². The van der Waals surface area contributed by atoms with Gasteiger partial charge >= 0.3 is 0 Å². The minimum atomic E-state index is -2.09. The van der Waals surface area contributed by atoms with Crippen molar-refractivity contribution < 1.29 is 13.6 Å². The summed E-state index contributed by atoms with van der Waals surface area (Å²) < 4.78 is 13.0. The van der Waals surface area contributed by atoms with Gasteiger partial charge in [0, 0.05) is 17.7 Å². The fourth-order valence-corrected chi connectivity index (χ4v) is 5.75. The number of amides is 1. The van der Waals surface area contributed by atoms with E-state index in [2.05, 4.69) is 61.1 Å². The fraction of sp³-hybridized carbons (Fsp3) is 0.467. The molecule has 1 N–H and O–H groups in total. The zero-order valence-electron chi connectivity index (χ0n) is 24.2. The number of benzene rings is 2. The lowest BCUT2D eigenvalue weighted by Crippen LogP contribution is -2.44. The summed E-state index contributed by atoms with van der Waals surface area (Å²) in [6.07, 6.45) is 1.65. The summed E-state index contributed by atoms with van der Waals surface area (Å²) in [5.41, 5.74) is 3.81. The minimum absolute atomic E-state index is 0.0104. The lowest BCUT2D eigenvalue weighted by molar-refractivity contribution is -0.116. The van der Waals surface area contributed by atoms with E-state index < -0.39 is 8.32 Å². The van der Waals surface area contributed by atoms with Crippen molar-refractivity contribution in [1.29, 1.82) is 0 Å². The number of nitrogens with zero attached hydrogens (tertiary/aromatic N) is 3. The second-order valence-electron chi connectivity index (χ2n) is 11.5. The van der Waals surface area contributed by atoms with Crippen LogP contribution in [0.5, 0.6) is 0 Å². The van der Waals surface area contributed by atoms with E-state index in [1.807, 2.05) is 44.2 Å². The van der Waals surface area contributed by atoms with E-state index in [0.29, 0.717) is 35.3 Å². The molecule has 1 amide bonds. The van der Waals surface area contributed by atoms with Crippen LogP contribution in [0.15, 0.2) is 40.8 Å². The molecular weight excluding hydrogens is 528 g/mol. The summed E-state index contributed by atoms with van der Waals surface area (Å²) >= 11 is 6.50. The average Bonchev–Trinajstić information content (AvgIpc) is 3.34. The smallest absolute Gasteiger partial charge is 0.247 e. The Morgan fingerprint density at radius 2 is 1.85 bits per heavy atom. The van der Waals surface area contributed by atoms with Gasteiger partial charge in [-0.2, -0.15) is 0 Å². The van der Waals surface area contributed by atoms with Gasteiger partial charge < -0.3 is 14.2 Å². The molecule has 3 aromatic rings. The van der Waals surface area contributed by atoms with E-state index in [4.69, 9.17) is 27.0 Å². The second-order valence-corrected chi connectivity index (χ2v) is 16.6. The lowest BCUT2D eigenvalue weighted by atomic mass is 9.92. The van der Waals surface area contributed by atoms with Gasteiger partial charge in [-0.05, 0) is 80.2 Å². The molecule has 3 rings (SSSR count). The Morgan fingerprint density at radius 3 is 2.44 bits per heavy atom. The third-order valence-corrected chi connectivity index (χ3v) is 12.6. The quantitative estimate of drug-likeness (QED) is 0.196. The topological polar surface area (TPSA) is 81.6 Å². The van der Waals surface area contributed by atoms with E-state index in [-0.39, 0.29) is 23.0 Å². The number of hydrogen-bond acceptors (Lipinski definition) is 5. The van der Waals surface area contributed by atoms with E-state index in [0.717, 1.165) is 28.8 Å². The Hall–Kier alpha value is -2.99. The zero-order chi connectivity index (χ0) is 29.0. The summed E-state index contributed by atoms with van der Waals surface area (Å²) in [6, 6.07) is 11.1. The number of anilines is 1. The highest BCUT2D eigenvalue weighted by Gasteiger charge is 2.41. The van der Waals surface area contributed by atoms with Crippen molar-refractivity contribution in [3.63, 3.8) is 0 Å². The van der Waals surface area contributed by atoms with Crippen molar-refractivity contribution in [2.75, 3.05) is 5.32 Å². The van der Waals surface area contributed by atoms with E-state index in [9.17, 15) is 4.79 Å². The Bertz CT molecular complexity index is 1340. The van der Waals surface area contributed by atoms with Gasteiger partial charge in [-0.3, -0.25) is 4.79 Å². The monoisotopic (exact) mass is 566 g/mol. The van der Waals surface area contributed by atoms with Gasteiger partial charge in [0.05, 0.1) is 23.6 Å². The molecule has 0 fully saturated rings. The molecule has 39 heavy (non-hydrogen) atoms. The molecule has 1 heterocycles. The van der Waals surface area contributed by atoms with Gasteiger partial charge in [0.15, 0.2) is 8.32 Å². The fourth-order valence-electron chi connectivity index (χ4n) is 4.08. The van der Waals surface area contributed by atoms with Crippen LogP contribution in [0, 0.1) is 13.5 Å². The number of carbonyl (C=O) groups excluding carboxylic acids is 1. The van der Waals surface area contributed by atoms with Crippen LogP contribution < -0.4 is 5.32 Å². The van der Waals surface area contributed by atoms with Crippen LogP contribution in [-0.2, 0) is 15.6 Å². The van der Waals surface area contributed by atoms with Gasteiger partial charge in [-0.25, -0.2) is 4.85 Å². The number of rotatable bonds is 10. The first-order chi connectivity index (χ1) is 18.3. The standard InChI is InChI=1S/C30H39ClN4O3Si/c1-10-11-26(36)33-23-15-12-21(13-16-23)28-34-35-29(37-28)24(20(3)38-39(8,9)30(4,5)6)18-22-14-17-25(32-7)27(31)19(22)2/h12-17,20,24H,10-11,18H2,1-6,8-9H3,(H,33,36)/t20-,24-/m1/s1. The molecule has 0 saturated carbocycles. The summed E-state index contributed by atoms with van der Waals surface area (Å²) in [7, 11) is -2.09. The number of carbonyl (C=O) groups is 1. The van der Waals surface area contributed by atoms with Crippen LogP contribution in [-0.4, -0.2) is 30.5 Å². The van der Waals surface area contributed by atoms with Gasteiger partial charge in [-0.1, -0.05) is 51.4 Å². The summed E-state index contributed by atoms with van der Waals surface area (Å²) in [6.45, 7) is 24.4. The molecule has 9 heteroatoms. The highest BCUT2D eigenvalue weighted by atomic mass is 35.5. The molecule has 1 aromatic heterocycles. The third kappa shape index (κ3) is 7.36. The van der Waals surface area contributed by atoms with Crippen LogP contribution in [0.2, 0.25) is 23.2 Å². The highest BCUT2D eigenvalue weighted by molar-refractivity contribution is 6.74. The van der Waals surface area contributed by atoms with Crippen molar-refractivity contribution >= 4 is 37.2 Å². The Kier molecular flexibility index (Phi) is 9.76. The molecule has 2 atom stereocenters. The lowest BCUT2D eigenvalue weighted by Gasteiger charge is -2.40. The van der Waals surface area contributed by atoms with E-state index >= 15 is 0 Å². The van der Waals surface area contributed by atoms with Gasteiger partial charge in [0.2, 0.25) is 23.4 Å². The first-order valence-electron chi connectivity index (χ1n) is 13.3. The minimum Gasteiger partial charge on any atom is -0.420 e. The zero-order valence-corrected chi connectivity index (χ0v) is 25.9. The van der Waals surface area contributed by atoms with Gasteiger partial charge in [0.1, 0.15) is 0 Å². The SMILES string of the molecule is [C-]#[N+]c1ccc(C[C@@H](c2nnc(-c3ccc(NC(=O)CCC)cc3)o2)[C@@H](C)O[Si](C)(C)C(C)(C)C)c(C)c1Cl. The molecule has 0 aliphatic heterocycles. The van der Waals surface area contributed by atoms with Gasteiger partial charge in [-0.15, -0.1) is 10.2 Å². The maximum atomic E-state index is 11.9. The van der Waals surface area contributed by atoms with Crippen LogP contribution >= 0.6 is 11.6 Å². The predicted octanol–water partition coefficient (Wildman–Crippen LogP) is 8.72. The number of halogens is 1. The van der Waals surface area contributed by atoms with Gasteiger partial charge in [0.25, 0.3) is 0 Å². The number of nitrogens with one attached hydrogen (secondary N) is 1. The van der Waals surface area contributed by atoms with Crippen molar-refractivity contribution in [3.05, 3.63) is 69.9 Å².